The van der Waals surface area contributed by atoms with E-state index in [1.54, 1.807) is 11.2 Å². The number of carbonyl (C=O) groups is 1. The average molecular weight is 275 g/mol. The van der Waals surface area contributed by atoms with Crippen molar-refractivity contribution in [2.45, 2.75) is 25.8 Å². The number of anilines is 2. The fourth-order valence-electron chi connectivity index (χ4n) is 2.50. The van der Waals surface area contributed by atoms with Crippen molar-refractivity contribution in [1.82, 2.24) is 14.9 Å². The molecular weight excluding hydrogens is 254 g/mol. The number of hydrogen-bond acceptors (Lipinski definition) is 5. The Bertz CT molecular complexity index is 502. The molecule has 1 saturated carbocycles. The molecule has 0 unspecified atom stereocenters. The first kappa shape index (κ1) is 13.1. The minimum atomic E-state index is 0.135. The highest BCUT2D eigenvalue weighted by Crippen LogP contribution is 2.33. The van der Waals surface area contributed by atoms with E-state index in [2.05, 4.69) is 22.2 Å². The molecule has 1 aromatic rings. The van der Waals surface area contributed by atoms with E-state index in [9.17, 15) is 4.79 Å². The molecule has 20 heavy (non-hydrogen) atoms. The van der Waals surface area contributed by atoms with Crippen LogP contribution in [0.3, 0.4) is 0 Å². The molecule has 2 aliphatic rings. The highest BCUT2D eigenvalue weighted by molar-refractivity contribution is 5.82. The molecule has 2 heterocycles. The third-order valence-electron chi connectivity index (χ3n) is 4.14. The highest BCUT2D eigenvalue weighted by Gasteiger charge is 2.28. The van der Waals surface area contributed by atoms with Gasteiger partial charge >= 0.3 is 0 Å². The number of hydrogen-bond donors (Lipinski definition) is 1. The van der Waals surface area contributed by atoms with E-state index in [1.807, 2.05) is 18.0 Å². The standard InChI is InChI=1S/C14H21N5O/c1-10(11-3-4-11)17-12-7-13(16-9-15-12)19-6-5-18(2)14(20)8-19/h7,9-11H,3-6,8H2,1-2H3,(H,15,16,17)/t10-/m0/s1. The fraction of sp³-hybridized carbons (Fsp3) is 0.643. The van der Waals surface area contributed by atoms with Gasteiger partial charge in [0.05, 0.1) is 6.54 Å². The van der Waals surface area contributed by atoms with E-state index in [-0.39, 0.29) is 5.91 Å². The molecule has 1 saturated heterocycles. The van der Waals surface area contributed by atoms with E-state index in [4.69, 9.17) is 0 Å². The van der Waals surface area contributed by atoms with Crippen LogP contribution in [0.25, 0.3) is 0 Å². The number of carbonyl (C=O) groups excluding carboxylic acids is 1. The zero-order valence-corrected chi connectivity index (χ0v) is 12.0. The maximum absolute atomic E-state index is 11.8. The lowest BCUT2D eigenvalue weighted by atomic mass is 10.2. The van der Waals surface area contributed by atoms with Crippen LogP contribution >= 0.6 is 0 Å². The summed E-state index contributed by atoms with van der Waals surface area (Å²) in [6, 6.07) is 2.39. The minimum absolute atomic E-state index is 0.135. The van der Waals surface area contributed by atoms with Crippen LogP contribution in [0.4, 0.5) is 11.6 Å². The van der Waals surface area contributed by atoms with Crippen molar-refractivity contribution in [1.29, 1.82) is 0 Å². The summed E-state index contributed by atoms with van der Waals surface area (Å²) in [5, 5.41) is 3.43. The van der Waals surface area contributed by atoms with Crippen molar-refractivity contribution in [3.63, 3.8) is 0 Å². The summed E-state index contributed by atoms with van der Waals surface area (Å²) in [5.41, 5.74) is 0. The Labute approximate surface area is 119 Å². The van der Waals surface area contributed by atoms with Crippen LogP contribution in [-0.2, 0) is 4.79 Å². The molecule has 108 valence electrons. The van der Waals surface area contributed by atoms with E-state index in [0.717, 1.165) is 30.6 Å². The summed E-state index contributed by atoms with van der Waals surface area (Å²) < 4.78 is 0. The Kier molecular flexibility index (Phi) is 3.46. The average Bonchev–Trinajstić information content (AvgIpc) is 3.26. The number of likely N-dealkylation sites (N-methyl/N-ethyl adjacent to an activating group) is 1. The van der Waals surface area contributed by atoms with E-state index >= 15 is 0 Å². The summed E-state index contributed by atoms with van der Waals surface area (Å²) in [6.07, 6.45) is 4.18. The van der Waals surface area contributed by atoms with Gasteiger partial charge in [-0.2, -0.15) is 0 Å². The Balaban J connectivity index is 1.68. The highest BCUT2D eigenvalue weighted by atomic mass is 16.2. The van der Waals surface area contributed by atoms with Crippen molar-refractivity contribution >= 4 is 17.5 Å². The first-order chi connectivity index (χ1) is 9.63. The number of aromatic nitrogens is 2. The van der Waals surface area contributed by atoms with Crippen molar-refractivity contribution in [2.75, 3.05) is 36.9 Å². The van der Waals surface area contributed by atoms with Crippen LogP contribution in [0.5, 0.6) is 0 Å². The predicted molar refractivity (Wildman–Crippen MR) is 77.7 cm³/mol. The van der Waals surface area contributed by atoms with Crippen LogP contribution in [0.15, 0.2) is 12.4 Å². The lowest BCUT2D eigenvalue weighted by molar-refractivity contribution is -0.129. The number of nitrogens with one attached hydrogen (secondary N) is 1. The second-order valence-electron chi connectivity index (χ2n) is 5.77. The van der Waals surface area contributed by atoms with Gasteiger partial charge in [0, 0.05) is 32.2 Å². The van der Waals surface area contributed by atoms with Gasteiger partial charge in [0.25, 0.3) is 0 Å². The zero-order valence-electron chi connectivity index (χ0n) is 12.0. The molecule has 0 bridgehead atoms. The Hall–Kier alpha value is -1.85. The van der Waals surface area contributed by atoms with Gasteiger partial charge in [-0.1, -0.05) is 0 Å². The second-order valence-corrected chi connectivity index (χ2v) is 5.77. The second kappa shape index (κ2) is 5.26. The first-order valence-electron chi connectivity index (χ1n) is 7.21. The van der Waals surface area contributed by atoms with Gasteiger partial charge in [0.2, 0.25) is 5.91 Å². The van der Waals surface area contributed by atoms with Gasteiger partial charge in [0.1, 0.15) is 18.0 Å². The van der Waals surface area contributed by atoms with Gasteiger partial charge in [0.15, 0.2) is 0 Å². The van der Waals surface area contributed by atoms with E-state index < -0.39 is 0 Å². The third kappa shape index (κ3) is 2.84. The van der Waals surface area contributed by atoms with Gasteiger partial charge in [-0.15, -0.1) is 0 Å². The van der Waals surface area contributed by atoms with Gasteiger partial charge in [-0.05, 0) is 25.7 Å². The summed E-state index contributed by atoms with van der Waals surface area (Å²) in [4.78, 5) is 24.1. The van der Waals surface area contributed by atoms with Crippen LogP contribution in [0, 0.1) is 5.92 Å². The summed E-state index contributed by atoms with van der Waals surface area (Å²) in [6.45, 7) is 4.14. The van der Waals surface area contributed by atoms with Crippen molar-refractivity contribution in [3.8, 4) is 0 Å². The summed E-state index contributed by atoms with van der Waals surface area (Å²) >= 11 is 0. The summed E-state index contributed by atoms with van der Waals surface area (Å²) in [7, 11) is 1.84. The normalized spacial score (nSPS) is 21.0. The molecule has 0 radical (unpaired) electrons. The quantitative estimate of drug-likeness (QED) is 0.887. The molecule has 6 heteroatoms. The van der Waals surface area contributed by atoms with E-state index in [1.165, 1.54) is 12.8 Å². The van der Waals surface area contributed by atoms with Crippen LogP contribution in [0.2, 0.25) is 0 Å². The number of piperazine rings is 1. The molecule has 1 N–H and O–H groups in total. The number of rotatable bonds is 4. The van der Waals surface area contributed by atoms with E-state index in [0.29, 0.717) is 12.6 Å². The largest absolute Gasteiger partial charge is 0.367 e. The lowest BCUT2D eigenvalue weighted by Crippen LogP contribution is -2.48. The molecule has 3 rings (SSSR count). The number of amides is 1. The molecule has 1 aliphatic carbocycles. The molecule has 1 aliphatic heterocycles. The molecule has 1 atom stereocenters. The lowest BCUT2D eigenvalue weighted by Gasteiger charge is -2.32. The maximum Gasteiger partial charge on any atom is 0.241 e. The number of nitrogens with zero attached hydrogens (tertiary/aromatic N) is 4. The smallest absolute Gasteiger partial charge is 0.241 e. The molecular formula is C14H21N5O. The molecule has 1 amide bonds. The molecule has 1 aromatic heterocycles. The first-order valence-corrected chi connectivity index (χ1v) is 7.21. The molecule has 2 fully saturated rings. The molecule has 0 aromatic carbocycles. The SMILES string of the molecule is C[C@H](Nc1cc(N2CCN(C)C(=O)C2)ncn1)C1CC1. The maximum atomic E-state index is 11.8. The monoisotopic (exact) mass is 275 g/mol. The van der Waals surface area contributed by atoms with Gasteiger partial charge in [-0.3, -0.25) is 4.79 Å². The van der Waals surface area contributed by atoms with Gasteiger partial charge in [-0.25, -0.2) is 9.97 Å². The Morgan fingerprint density at radius 1 is 1.35 bits per heavy atom. The Morgan fingerprint density at radius 3 is 2.85 bits per heavy atom. The zero-order chi connectivity index (χ0) is 14.1. The van der Waals surface area contributed by atoms with Gasteiger partial charge < -0.3 is 15.1 Å². The molecule has 6 nitrogen and oxygen atoms in total. The predicted octanol–water partition coefficient (Wildman–Crippen LogP) is 0.965. The summed E-state index contributed by atoms with van der Waals surface area (Å²) in [5.74, 6) is 2.59. The van der Waals surface area contributed by atoms with Crippen LogP contribution in [0.1, 0.15) is 19.8 Å². The minimum Gasteiger partial charge on any atom is -0.367 e. The van der Waals surface area contributed by atoms with Crippen LogP contribution < -0.4 is 10.2 Å². The van der Waals surface area contributed by atoms with Crippen molar-refractivity contribution in [2.24, 2.45) is 5.92 Å². The van der Waals surface area contributed by atoms with Crippen molar-refractivity contribution in [3.05, 3.63) is 12.4 Å². The third-order valence-corrected chi connectivity index (χ3v) is 4.14. The molecule has 0 spiro atoms. The Morgan fingerprint density at radius 2 is 2.15 bits per heavy atom. The fourth-order valence-corrected chi connectivity index (χ4v) is 2.50. The topological polar surface area (TPSA) is 61.4 Å². The van der Waals surface area contributed by atoms with Crippen LogP contribution in [-0.4, -0.2) is 53.5 Å². The van der Waals surface area contributed by atoms with Crippen molar-refractivity contribution < 1.29 is 4.79 Å².